The van der Waals surface area contributed by atoms with Gasteiger partial charge < -0.3 is 15.1 Å². The summed E-state index contributed by atoms with van der Waals surface area (Å²) in [6.07, 6.45) is 2.22. The zero-order valence-corrected chi connectivity index (χ0v) is 15.7. The number of benzene rings is 2. The average Bonchev–Trinajstić information content (AvgIpc) is 3.15. The Morgan fingerprint density at radius 1 is 0.889 bits per heavy atom. The smallest absolute Gasteiger partial charge is 0.255 e. The largest absolute Gasteiger partial charge is 0.469 e. The van der Waals surface area contributed by atoms with E-state index in [9.17, 15) is 9.59 Å². The Balaban J connectivity index is 1.56. The molecule has 3 aromatic rings. The molecule has 0 saturated carbocycles. The molecule has 0 bridgehead atoms. The summed E-state index contributed by atoms with van der Waals surface area (Å²) in [6.45, 7) is 0.473. The van der Waals surface area contributed by atoms with E-state index >= 15 is 0 Å². The fourth-order valence-corrected chi connectivity index (χ4v) is 2.98. The summed E-state index contributed by atoms with van der Waals surface area (Å²) in [5.41, 5.74) is 1.41. The molecular weight excluding hydrogens is 387 g/mol. The van der Waals surface area contributed by atoms with Crippen molar-refractivity contribution in [1.29, 1.82) is 0 Å². The van der Waals surface area contributed by atoms with Crippen molar-refractivity contribution in [3.63, 3.8) is 0 Å². The van der Waals surface area contributed by atoms with Crippen LogP contribution in [-0.2, 0) is 6.42 Å². The topological polar surface area (TPSA) is 71.3 Å². The molecule has 0 radical (unpaired) electrons. The van der Waals surface area contributed by atoms with E-state index in [1.165, 1.54) is 12.1 Å². The summed E-state index contributed by atoms with van der Waals surface area (Å²) >= 11 is 11.8. The Morgan fingerprint density at radius 2 is 1.59 bits per heavy atom. The van der Waals surface area contributed by atoms with Crippen LogP contribution in [-0.4, -0.2) is 18.4 Å². The minimum atomic E-state index is -0.338. The van der Waals surface area contributed by atoms with Gasteiger partial charge in [-0.3, -0.25) is 9.59 Å². The molecular formula is C20H16Cl2N2O3. The lowest BCUT2D eigenvalue weighted by Gasteiger charge is -2.08. The van der Waals surface area contributed by atoms with Crippen molar-refractivity contribution in [1.82, 2.24) is 5.32 Å². The Kier molecular flexibility index (Phi) is 6.16. The van der Waals surface area contributed by atoms with Gasteiger partial charge >= 0.3 is 0 Å². The third-order valence-corrected chi connectivity index (χ3v) is 4.20. The van der Waals surface area contributed by atoms with Crippen LogP contribution in [0.3, 0.4) is 0 Å². The maximum atomic E-state index is 12.3. The average molecular weight is 403 g/mol. The van der Waals surface area contributed by atoms with Gasteiger partial charge in [0, 0.05) is 39.8 Å². The molecule has 0 spiro atoms. The van der Waals surface area contributed by atoms with Gasteiger partial charge in [-0.25, -0.2) is 0 Å². The Hall–Kier alpha value is -2.76. The summed E-state index contributed by atoms with van der Waals surface area (Å²) in [5, 5.41) is 6.33. The molecule has 0 fully saturated rings. The molecule has 2 amide bonds. The molecule has 0 aliphatic carbocycles. The van der Waals surface area contributed by atoms with Gasteiger partial charge in [0.2, 0.25) is 0 Å². The standard InChI is InChI=1S/C20H16Cl2N2O3/c21-15-10-14(11-16(22)12-15)20(26)24-17-5-3-13(4-6-17)19(25)23-8-7-18-2-1-9-27-18/h1-6,9-12H,7-8H2,(H,23,25)(H,24,26). The molecule has 3 rings (SSSR count). The van der Waals surface area contributed by atoms with Crippen LogP contribution in [0.15, 0.2) is 65.3 Å². The van der Waals surface area contributed by atoms with Crippen molar-refractivity contribution in [2.75, 3.05) is 11.9 Å². The van der Waals surface area contributed by atoms with Crippen LogP contribution in [0, 0.1) is 0 Å². The second kappa shape index (κ2) is 8.75. The van der Waals surface area contributed by atoms with Crippen molar-refractivity contribution < 1.29 is 14.0 Å². The predicted octanol–water partition coefficient (Wildman–Crippen LogP) is 4.81. The fourth-order valence-electron chi connectivity index (χ4n) is 2.45. The molecule has 1 aromatic heterocycles. The van der Waals surface area contributed by atoms with Crippen molar-refractivity contribution in [2.24, 2.45) is 0 Å². The SMILES string of the molecule is O=C(NCCc1ccco1)c1ccc(NC(=O)c2cc(Cl)cc(Cl)c2)cc1. The molecule has 2 N–H and O–H groups in total. The van der Waals surface area contributed by atoms with Crippen LogP contribution < -0.4 is 10.6 Å². The van der Waals surface area contributed by atoms with E-state index in [2.05, 4.69) is 10.6 Å². The highest BCUT2D eigenvalue weighted by molar-refractivity contribution is 6.35. The lowest BCUT2D eigenvalue weighted by Crippen LogP contribution is -2.25. The summed E-state index contributed by atoms with van der Waals surface area (Å²) in [6, 6.07) is 14.9. The van der Waals surface area contributed by atoms with E-state index in [0.29, 0.717) is 39.8 Å². The summed E-state index contributed by atoms with van der Waals surface area (Å²) in [4.78, 5) is 24.4. The molecule has 7 heteroatoms. The lowest BCUT2D eigenvalue weighted by atomic mass is 10.1. The highest BCUT2D eigenvalue weighted by Crippen LogP contribution is 2.20. The second-order valence-corrected chi connectivity index (χ2v) is 6.65. The van der Waals surface area contributed by atoms with Crippen molar-refractivity contribution in [2.45, 2.75) is 6.42 Å². The molecule has 138 valence electrons. The number of nitrogens with one attached hydrogen (secondary N) is 2. The van der Waals surface area contributed by atoms with Crippen LogP contribution in [0.4, 0.5) is 5.69 Å². The lowest BCUT2D eigenvalue weighted by molar-refractivity contribution is 0.0953. The molecule has 0 aliphatic heterocycles. The third-order valence-electron chi connectivity index (χ3n) is 3.77. The van der Waals surface area contributed by atoms with Gasteiger partial charge in [0.25, 0.3) is 11.8 Å². The van der Waals surface area contributed by atoms with Crippen molar-refractivity contribution in [3.05, 3.63) is 87.8 Å². The quantitative estimate of drug-likeness (QED) is 0.621. The number of hydrogen-bond acceptors (Lipinski definition) is 3. The van der Waals surface area contributed by atoms with Crippen LogP contribution in [0.1, 0.15) is 26.5 Å². The minimum Gasteiger partial charge on any atom is -0.469 e. The van der Waals surface area contributed by atoms with Crippen LogP contribution in [0.2, 0.25) is 10.0 Å². The van der Waals surface area contributed by atoms with E-state index in [0.717, 1.165) is 5.76 Å². The predicted molar refractivity (Wildman–Crippen MR) is 106 cm³/mol. The van der Waals surface area contributed by atoms with Crippen molar-refractivity contribution >= 4 is 40.7 Å². The number of amides is 2. The monoisotopic (exact) mass is 402 g/mol. The van der Waals surface area contributed by atoms with Gasteiger partial charge in [0.1, 0.15) is 5.76 Å². The van der Waals surface area contributed by atoms with E-state index in [1.54, 1.807) is 36.6 Å². The van der Waals surface area contributed by atoms with E-state index in [1.807, 2.05) is 12.1 Å². The molecule has 0 saturated heterocycles. The van der Waals surface area contributed by atoms with Crippen LogP contribution in [0.5, 0.6) is 0 Å². The van der Waals surface area contributed by atoms with E-state index in [4.69, 9.17) is 27.6 Å². The highest BCUT2D eigenvalue weighted by Gasteiger charge is 2.10. The van der Waals surface area contributed by atoms with Gasteiger partial charge in [-0.1, -0.05) is 23.2 Å². The van der Waals surface area contributed by atoms with Gasteiger partial charge in [-0.2, -0.15) is 0 Å². The zero-order chi connectivity index (χ0) is 19.2. The number of halogens is 2. The van der Waals surface area contributed by atoms with Gasteiger partial charge in [-0.05, 0) is 54.6 Å². The fraction of sp³-hybridized carbons (Fsp3) is 0.100. The van der Waals surface area contributed by atoms with E-state index < -0.39 is 0 Å². The maximum absolute atomic E-state index is 12.3. The Bertz CT molecular complexity index is 918. The second-order valence-electron chi connectivity index (χ2n) is 5.77. The number of carbonyl (C=O) groups is 2. The Labute approximate surface area is 166 Å². The first-order valence-electron chi connectivity index (χ1n) is 8.19. The first-order chi connectivity index (χ1) is 13.0. The van der Waals surface area contributed by atoms with Gasteiger partial charge in [0.05, 0.1) is 6.26 Å². The zero-order valence-electron chi connectivity index (χ0n) is 14.2. The summed E-state index contributed by atoms with van der Waals surface area (Å²) in [7, 11) is 0. The highest BCUT2D eigenvalue weighted by atomic mass is 35.5. The first-order valence-corrected chi connectivity index (χ1v) is 8.95. The van der Waals surface area contributed by atoms with Gasteiger partial charge in [-0.15, -0.1) is 0 Å². The number of rotatable bonds is 6. The molecule has 27 heavy (non-hydrogen) atoms. The first kappa shape index (κ1) is 19.0. The van der Waals surface area contributed by atoms with E-state index in [-0.39, 0.29) is 11.8 Å². The summed E-state index contributed by atoms with van der Waals surface area (Å²) < 4.78 is 5.22. The number of carbonyl (C=O) groups excluding carboxylic acids is 2. The normalized spacial score (nSPS) is 10.4. The molecule has 5 nitrogen and oxygen atoms in total. The number of hydrogen-bond donors (Lipinski definition) is 2. The molecule has 2 aromatic carbocycles. The summed E-state index contributed by atoms with van der Waals surface area (Å²) in [5.74, 6) is 0.283. The minimum absolute atomic E-state index is 0.193. The third kappa shape index (κ3) is 5.36. The molecule has 0 aliphatic rings. The van der Waals surface area contributed by atoms with Crippen LogP contribution in [0.25, 0.3) is 0 Å². The van der Waals surface area contributed by atoms with Crippen LogP contribution >= 0.6 is 23.2 Å². The molecule has 0 unspecified atom stereocenters. The Morgan fingerprint density at radius 3 is 2.22 bits per heavy atom. The molecule has 1 heterocycles. The number of furan rings is 1. The van der Waals surface area contributed by atoms with Crippen molar-refractivity contribution in [3.8, 4) is 0 Å². The van der Waals surface area contributed by atoms with Gasteiger partial charge in [0.15, 0.2) is 0 Å². The number of anilines is 1. The molecule has 0 atom stereocenters. The maximum Gasteiger partial charge on any atom is 0.255 e.